The number of sulfone groups is 2. The van der Waals surface area contributed by atoms with Crippen LogP contribution in [0.4, 0.5) is 49.9 Å². The molecule has 14 rings (SSSR count). The first-order valence-corrected chi connectivity index (χ1v) is 55.9. The number of carboxylic acids is 2. The molecule has 0 radical (unpaired) electrons. The molecule has 726 valence electrons. The summed E-state index contributed by atoms with van der Waals surface area (Å²) in [5.74, 6) is -1.90. The van der Waals surface area contributed by atoms with Crippen LogP contribution in [0, 0.1) is 19.7 Å². The molecule has 2 fully saturated rings. The topological polar surface area (TPSA) is 416 Å². The van der Waals surface area contributed by atoms with Crippen LogP contribution >= 0.6 is 62.4 Å². The fourth-order valence-corrected chi connectivity index (χ4v) is 23.7. The lowest BCUT2D eigenvalue weighted by Gasteiger charge is -2.37. The normalized spacial score (nSPS) is 14.0. The lowest BCUT2D eigenvalue weighted by Crippen LogP contribution is -2.46. The SMILES string of the molecule is Cc1c(C(=O)O)c(-c2cc(F)cc(N3CCN(c4ccc(NS(=O)(=O)c5ccc(N[C@H](CCOP(=O)(O)O)CSc6ccccc6)c(S(C)(=O)=O)c5)cc4)CC3)c2)c(-c2ccc(Cl)cc2)n1C(C)C.Cc1c(C(=O)O)c(-c2cccc(N3CCN(c4ccc(NS(=O)(=O)c5ccc(N[C@H](CCOP(=O)(O)O)CSc6ccccc6)c(S(C)(=O)=O)c5)cc4)CC3)c2)c(-c2ccc(Cl)cc2)n1C(C)C. The minimum Gasteiger partial charge on any atom is -0.478 e. The number of aromatic nitrogens is 2. The van der Waals surface area contributed by atoms with E-state index in [1.165, 1.54) is 59.9 Å². The van der Waals surface area contributed by atoms with E-state index >= 15 is 4.39 Å². The first-order chi connectivity index (χ1) is 64.8. The van der Waals surface area contributed by atoms with E-state index in [9.17, 15) is 82.2 Å². The number of nitrogens with one attached hydrogen (secondary N) is 4. The maximum Gasteiger partial charge on any atom is 0.469 e. The Bertz CT molecular complexity index is 6960. The van der Waals surface area contributed by atoms with E-state index in [1.807, 2.05) is 171 Å². The fourth-order valence-electron chi connectivity index (χ4n) is 16.8. The third-order valence-corrected chi connectivity index (χ3v) is 32.0. The highest BCUT2D eigenvalue weighted by Gasteiger charge is 2.34. The van der Waals surface area contributed by atoms with Gasteiger partial charge in [0.05, 0.1) is 66.7 Å². The molecule has 2 saturated heterocycles. The molecule has 0 amide bonds. The Morgan fingerprint density at radius 2 is 0.788 bits per heavy atom. The van der Waals surface area contributed by atoms with Crippen LogP contribution in [0.15, 0.2) is 266 Å². The highest BCUT2D eigenvalue weighted by molar-refractivity contribution is 7.99. The maximum absolute atomic E-state index is 15.6. The van der Waals surface area contributed by atoms with Gasteiger partial charge in [-0.2, -0.15) is 0 Å². The van der Waals surface area contributed by atoms with Crippen molar-refractivity contribution in [2.45, 2.75) is 108 Å². The lowest BCUT2D eigenvalue weighted by molar-refractivity contribution is 0.0685. The minimum absolute atomic E-state index is 0.00932. The summed E-state index contributed by atoms with van der Waals surface area (Å²) >= 11 is 15.4. The number of halogens is 3. The molecule has 10 N–H and O–H groups in total. The molecule has 41 heteroatoms. The first kappa shape index (κ1) is 104. The van der Waals surface area contributed by atoms with Crippen molar-refractivity contribution in [1.82, 2.24) is 9.13 Å². The van der Waals surface area contributed by atoms with Crippen LogP contribution in [-0.2, 0) is 57.9 Å². The van der Waals surface area contributed by atoms with Crippen molar-refractivity contribution in [2.24, 2.45) is 0 Å². The number of aromatic carboxylic acids is 2. The molecular weight excluding hydrogens is 1960 g/mol. The predicted octanol–water partition coefficient (Wildman–Crippen LogP) is 19.5. The maximum atomic E-state index is 15.6. The van der Waals surface area contributed by atoms with Crippen molar-refractivity contribution in [2.75, 3.05) is 129 Å². The molecule has 0 saturated carbocycles. The van der Waals surface area contributed by atoms with Crippen LogP contribution in [0.25, 0.3) is 44.8 Å². The van der Waals surface area contributed by atoms with Crippen LogP contribution in [0.1, 0.15) is 84.7 Å². The Morgan fingerprint density at radius 3 is 1.15 bits per heavy atom. The molecule has 2 aliphatic heterocycles. The second kappa shape index (κ2) is 44.2. The van der Waals surface area contributed by atoms with Gasteiger partial charge >= 0.3 is 27.6 Å². The van der Waals surface area contributed by atoms with Crippen LogP contribution in [-0.4, -0.2) is 186 Å². The Morgan fingerprint density at radius 1 is 0.431 bits per heavy atom. The van der Waals surface area contributed by atoms with Gasteiger partial charge in [-0.15, -0.1) is 23.5 Å². The van der Waals surface area contributed by atoms with Gasteiger partial charge in [0.15, 0.2) is 19.7 Å². The second-order valence-electron chi connectivity index (χ2n) is 33.4. The Hall–Kier alpha value is -10.7. The lowest BCUT2D eigenvalue weighted by atomic mass is 9.96. The number of carbonyl (C=O) groups is 2. The molecule has 10 aromatic carbocycles. The second-order valence-corrected chi connectivity index (χ2v) is 46.3. The molecule has 2 aromatic heterocycles. The number of rotatable bonds is 38. The Labute approximate surface area is 815 Å². The van der Waals surface area contributed by atoms with E-state index in [0.717, 1.165) is 73.9 Å². The quantitative estimate of drug-likeness (QED) is 0.0127. The van der Waals surface area contributed by atoms with Gasteiger partial charge in [-0.05, 0) is 240 Å². The highest BCUT2D eigenvalue weighted by atomic mass is 35.5. The zero-order valence-corrected chi connectivity index (χ0v) is 84.0. The van der Waals surface area contributed by atoms with E-state index in [2.05, 4.69) is 48.4 Å². The van der Waals surface area contributed by atoms with Gasteiger partial charge in [0, 0.05) is 177 Å². The molecule has 2 atom stereocenters. The molecular formula is C96H105Cl2FN10O20P2S6. The molecule has 4 heterocycles. The van der Waals surface area contributed by atoms with Gasteiger partial charge in [0.2, 0.25) is 0 Å². The van der Waals surface area contributed by atoms with E-state index < -0.39 is 85.2 Å². The van der Waals surface area contributed by atoms with Crippen LogP contribution in [0.2, 0.25) is 10.0 Å². The Balaban J connectivity index is 0.000000232. The van der Waals surface area contributed by atoms with E-state index in [4.69, 9.17) is 23.2 Å². The number of hydrogen-bond donors (Lipinski definition) is 10. The zero-order valence-electron chi connectivity index (χ0n) is 75.8. The largest absolute Gasteiger partial charge is 0.478 e. The van der Waals surface area contributed by atoms with Crippen molar-refractivity contribution in [3.05, 3.63) is 275 Å². The number of carboxylic acid groups (broad SMARTS) is 2. The van der Waals surface area contributed by atoms with E-state index in [1.54, 1.807) is 67.6 Å². The number of phosphoric ester groups is 2. The summed E-state index contributed by atoms with van der Waals surface area (Å²) in [5.41, 5.74) is 10.9. The molecule has 30 nitrogen and oxygen atoms in total. The number of nitrogens with zero attached hydrogens (tertiary/aromatic N) is 6. The monoisotopic (exact) mass is 2060 g/mol. The summed E-state index contributed by atoms with van der Waals surface area (Å²) in [6.45, 7) is 15.7. The van der Waals surface area contributed by atoms with Gasteiger partial charge in [0.1, 0.15) is 5.82 Å². The number of piperazine rings is 2. The Kier molecular flexibility index (Phi) is 33.5. The molecule has 2 aliphatic rings. The number of benzene rings is 10. The third kappa shape index (κ3) is 26.7. The zero-order chi connectivity index (χ0) is 98.8. The smallest absolute Gasteiger partial charge is 0.469 e. The van der Waals surface area contributed by atoms with Gasteiger partial charge in [-0.1, -0.05) is 96.0 Å². The molecule has 0 unspecified atom stereocenters. The number of hydrogen-bond acceptors (Lipinski definition) is 22. The summed E-state index contributed by atoms with van der Waals surface area (Å²) in [7, 11) is -26.0. The van der Waals surface area contributed by atoms with Crippen molar-refractivity contribution in [1.29, 1.82) is 0 Å². The summed E-state index contributed by atoms with van der Waals surface area (Å²) in [5, 5.41) is 28.4. The minimum atomic E-state index is -4.76. The van der Waals surface area contributed by atoms with Gasteiger partial charge in [0.25, 0.3) is 20.0 Å². The fraction of sp³-hybridized carbons (Fsp3) is 0.271. The average Bonchev–Trinajstić information content (AvgIpc) is 1.59. The van der Waals surface area contributed by atoms with Gasteiger partial charge in [-0.3, -0.25) is 18.5 Å². The highest BCUT2D eigenvalue weighted by Crippen LogP contribution is 2.47. The van der Waals surface area contributed by atoms with E-state index in [-0.39, 0.29) is 91.6 Å². The molecule has 12 aromatic rings. The molecule has 0 bridgehead atoms. The van der Waals surface area contributed by atoms with E-state index in [0.29, 0.717) is 113 Å². The van der Waals surface area contributed by atoms with Crippen molar-refractivity contribution in [3.63, 3.8) is 0 Å². The van der Waals surface area contributed by atoms with Crippen molar-refractivity contribution < 1.29 is 95.6 Å². The van der Waals surface area contributed by atoms with Crippen LogP contribution in [0.5, 0.6) is 0 Å². The summed E-state index contributed by atoms with van der Waals surface area (Å²) in [4.78, 5) is 71.9. The molecule has 137 heavy (non-hydrogen) atoms. The van der Waals surface area contributed by atoms with Crippen molar-refractivity contribution in [3.8, 4) is 44.8 Å². The predicted molar refractivity (Wildman–Crippen MR) is 542 cm³/mol. The average molecular weight is 2060 g/mol. The van der Waals surface area contributed by atoms with Crippen LogP contribution < -0.4 is 39.7 Å². The number of phosphoric acid groups is 2. The van der Waals surface area contributed by atoms with Gasteiger partial charge < -0.3 is 69.2 Å². The van der Waals surface area contributed by atoms with Crippen molar-refractivity contribution >= 4 is 160 Å². The summed E-state index contributed by atoms with van der Waals surface area (Å²) < 4.78 is 164. The number of sulfonamides is 2. The number of thioether (sulfide) groups is 2. The molecule has 0 aliphatic carbocycles. The third-order valence-electron chi connectivity index (χ3n) is 23.0. The van der Waals surface area contributed by atoms with Gasteiger partial charge in [-0.25, -0.2) is 56.8 Å². The summed E-state index contributed by atoms with van der Waals surface area (Å²) in [6.07, 6.45) is 2.12. The number of anilines is 8. The first-order valence-electron chi connectivity index (χ1n) is 43.4. The summed E-state index contributed by atoms with van der Waals surface area (Å²) in [6, 6.07) is 65.8. The standard InChI is InChI=1S/C48H52ClFN5O10PS3.C48H53ClN5O10PS3/c1-31(2)55-32(3)45(48(56)57)46(47(55)33-10-12-35(49)13-11-33)34-26-36(50)28-40(27-34)54-23-21-53(22-24-54)39-16-14-37(15-17-39)52-69(63,64)42-18-19-43(44(29-42)68(4,61)62)51-38(20-25-65-66(58,59)60)30-67-41-8-6-5-7-9-41;1-32(2)54-33(3)45(48(55)56)46(47(54)34-13-15-36(49)16-14-34)35-9-8-10-40(29-35)53-26-24-52(25-27-53)39-19-17-37(18-20-39)51-68(62,63)42-21-22-43(44(30-42)67(4,60)61)50-38(23-28-64-65(57,58)59)31-66-41-11-6-5-7-12-41/h5-19,26-29,31,38,51-52H,20-25,30H2,1-4H3,(H,56,57)(H2,58,59,60);5-22,29-30,32,38,50-51H,23-28,31H2,1-4H3,(H,55,56)(H2,57,58,59)/t2*38-/m11/s1. The van der Waals surface area contributed by atoms with Crippen LogP contribution in [0.3, 0.4) is 0 Å². The molecule has 0 spiro atoms.